The molecule has 1 heterocycles. The van der Waals surface area contributed by atoms with Gasteiger partial charge in [0.1, 0.15) is 5.69 Å². The van der Waals surface area contributed by atoms with Crippen molar-refractivity contribution in [2.45, 2.75) is 20.3 Å². The van der Waals surface area contributed by atoms with Gasteiger partial charge in [-0.25, -0.2) is 0 Å². The van der Waals surface area contributed by atoms with Crippen molar-refractivity contribution >= 4 is 11.5 Å². The first-order valence-electron chi connectivity index (χ1n) is 4.89. The van der Waals surface area contributed by atoms with E-state index in [4.69, 9.17) is 0 Å². The summed E-state index contributed by atoms with van der Waals surface area (Å²) < 4.78 is 0. The zero-order chi connectivity index (χ0) is 10.6. The largest absolute Gasteiger partial charge is 0.374 e. The van der Waals surface area contributed by atoms with Gasteiger partial charge in [-0.2, -0.15) is 0 Å². The Balaban J connectivity index is 2.83. The second-order valence-corrected chi connectivity index (χ2v) is 3.19. The maximum absolute atomic E-state index is 11.3. The molecule has 0 unspecified atom stereocenters. The van der Waals surface area contributed by atoms with Gasteiger partial charge in [-0.15, -0.1) is 0 Å². The van der Waals surface area contributed by atoms with Gasteiger partial charge in [-0.1, -0.05) is 6.92 Å². The quantitative estimate of drug-likeness (QED) is 0.685. The number of hydrogen-bond donors (Lipinski definition) is 0. The second-order valence-electron chi connectivity index (χ2n) is 3.19. The van der Waals surface area contributed by atoms with E-state index in [1.54, 1.807) is 12.3 Å². The number of carbonyl (C=O) groups is 1. The number of hydrogen-bond acceptors (Lipinski definition) is 3. The Morgan fingerprint density at radius 3 is 2.57 bits per heavy atom. The Bertz CT molecular complexity index is 306. The van der Waals surface area contributed by atoms with Gasteiger partial charge in [0, 0.05) is 20.0 Å². The lowest BCUT2D eigenvalue weighted by Gasteiger charge is -2.15. The van der Waals surface area contributed by atoms with Crippen molar-refractivity contribution in [1.82, 2.24) is 4.98 Å². The Hall–Kier alpha value is -1.38. The van der Waals surface area contributed by atoms with Gasteiger partial charge in [-0.3, -0.25) is 9.78 Å². The van der Waals surface area contributed by atoms with Crippen LogP contribution in [-0.4, -0.2) is 24.4 Å². The average molecular weight is 192 g/mol. The van der Waals surface area contributed by atoms with Crippen LogP contribution < -0.4 is 4.90 Å². The summed E-state index contributed by atoms with van der Waals surface area (Å²) in [4.78, 5) is 17.5. The number of Topliss-reactive ketones (excluding diaryl/α,β-unsaturated/α-hetero) is 1. The minimum atomic E-state index is 0.0932. The normalized spacial score (nSPS) is 9.93. The monoisotopic (exact) mass is 192 g/mol. The fraction of sp³-hybridized carbons (Fsp3) is 0.455. The van der Waals surface area contributed by atoms with Crippen molar-refractivity contribution in [1.29, 1.82) is 0 Å². The molecule has 0 bridgehead atoms. The molecule has 14 heavy (non-hydrogen) atoms. The third-order valence-electron chi connectivity index (χ3n) is 2.27. The predicted molar refractivity (Wildman–Crippen MR) is 57.8 cm³/mol. The molecule has 0 saturated heterocycles. The van der Waals surface area contributed by atoms with Crippen molar-refractivity contribution in [3.63, 3.8) is 0 Å². The van der Waals surface area contributed by atoms with E-state index in [0.717, 1.165) is 12.2 Å². The second kappa shape index (κ2) is 4.74. The van der Waals surface area contributed by atoms with Crippen LogP contribution >= 0.6 is 0 Å². The van der Waals surface area contributed by atoms with Gasteiger partial charge in [0.05, 0.1) is 11.9 Å². The lowest BCUT2D eigenvalue weighted by Crippen LogP contribution is -2.16. The highest BCUT2D eigenvalue weighted by Gasteiger charge is 2.04. The molecule has 0 saturated carbocycles. The Morgan fingerprint density at radius 1 is 1.43 bits per heavy atom. The molecule has 76 valence electrons. The standard InChI is InChI=1S/C11H16N2O/c1-4-11(14)10-7-6-9(8-12-10)13(3)5-2/h6-8H,4-5H2,1-3H3. The summed E-state index contributed by atoms with van der Waals surface area (Å²) in [5.74, 6) is 0.0932. The number of anilines is 1. The lowest BCUT2D eigenvalue weighted by atomic mass is 10.2. The lowest BCUT2D eigenvalue weighted by molar-refractivity contribution is 0.0983. The maximum atomic E-state index is 11.3. The van der Waals surface area contributed by atoms with Crippen LogP contribution in [0.1, 0.15) is 30.8 Å². The molecule has 0 aliphatic rings. The van der Waals surface area contributed by atoms with Crippen LogP contribution in [0.4, 0.5) is 5.69 Å². The molecule has 0 aliphatic heterocycles. The summed E-state index contributed by atoms with van der Waals surface area (Å²) in [7, 11) is 2.00. The van der Waals surface area contributed by atoms with E-state index in [9.17, 15) is 4.79 Å². The van der Waals surface area contributed by atoms with Crippen LogP contribution in [0.3, 0.4) is 0 Å². The van der Waals surface area contributed by atoms with Crippen molar-refractivity contribution in [3.8, 4) is 0 Å². The maximum Gasteiger partial charge on any atom is 0.180 e. The highest BCUT2D eigenvalue weighted by molar-refractivity contribution is 5.94. The fourth-order valence-corrected chi connectivity index (χ4v) is 1.14. The van der Waals surface area contributed by atoms with Crippen molar-refractivity contribution in [2.75, 3.05) is 18.5 Å². The molecule has 3 nitrogen and oxygen atoms in total. The first-order valence-corrected chi connectivity index (χ1v) is 4.89. The van der Waals surface area contributed by atoms with Crippen LogP contribution in [0, 0.1) is 0 Å². The number of rotatable bonds is 4. The molecular weight excluding hydrogens is 176 g/mol. The third kappa shape index (κ3) is 2.31. The number of carbonyl (C=O) groups excluding carboxylic acids is 1. The molecule has 0 spiro atoms. The van der Waals surface area contributed by atoms with Crippen molar-refractivity contribution in [2.24, 2.45) is 0 Å². The minimum Gasteiger partial charge on any atom is -0.374 e. The van der Waals surface area contributed by atoms with Gasteiger partial charge in [-0.05, 0) is 19.1 Å². The SMILES string of the molecule is CCC(=O)c1ccc(N(C)CC)cn1. The molecular formula is C11H16N2O. The zero-order valence-corrected chi connectivity index (χ0v) is 8.95. The smallest absolute Gasteiger partial charge is 0.180 e. The number of aromatic nitrogens is 1. The molecule has 0 fully saturated rings. The Kier molecular flexibility index (Phi) is 3.63. The van der Waals surface area contributed by atoms with Gasteiger partial charge in [0.15, 0.2) is 5.78 Å². The molecule has 1 rings (SSSR count). The molecule has 0 radical (unpaired) electrons. The van der Waals surface area contributed by atoms with E-state index in [1.165, 1.54) is 0 Å². The molecule has 1 aromatic heterocycles. The van der Waals surface area contributed by atoms with E-state index in [2.05, 4.69) is 16.8 Å². The number of pyridine rings is 1. The van der Waals surface area contributed by atoms with Gasteiger partial charge in [0.2, 0.25) is 0 Å². The van der Waals surface area contributed by atoms with E-state index in [1.807, 2.05) is 20.0 Å². The molecule has 0 aliphatic carbocycles. The average Bonchev–Trinajstić information content (AvgIpc) is 2.27. The van der Waals surface area contributed by atoms with Crippen molar-refractivity contribution < 1.29 is 4.79 Å². The van der Waals surface area contributed by atoms with E-state index < -0.39 is 0 Å². The van der Waals surface area contributed by atoms with Crippen LogP contribution in [0.5, 0.6) is 0 Å². The first-order chi connectivity index (χ1) is 6.69. The van der Waals surface area contributed by atoms with E-state index in [-0.39, 0.29) is 5.78 Å². The molecule has 1 aromatic rings. The third-order valence-corrected chi connectivity index (χ3v) is 2.27. The molecule has 0 aromatic carbocycles. The van der Waals surface area contributed by atoms with Gasteiger partial charge < -0.3 is 4.90 Å². The number of nitrogens with zero attached hydrogens (tertiary/aromatic N) is 2. The summed E-state index contributed by atoms with van der Waals surface area (Å²) in [6.07, 6.45) is 2.25. The zero-order valence-electron chi connectivity index (χ0n) is 8.95. The Morgan fingerprint density at radius 2 is 2.14 bits per heavy atom. The van der Waals surface area contributed by atoms with Crippen molar-refractivity contribution in [3.05, 3.63) is 24.0 Å². The summed E-state index contributed by atoms with van der Waals surface area (Å²) in [6.45, 7) is 4.85. The van der Waals surface area contributed by atoms with Crippen LogP contribution in [0.2, 0.25) is 0 Å². The molecule has 0 N–H and O–H groups in total. The van der Waals surface area contributed by atoms with Crippen LogP contribution in [-0.2, 0) is 0 Å². The first kappa shape index (κ1) is 10.7. The Labute approximate surface area is 84.8 Å². The minimum absolute atomic E-state index is 0.0932. The highest BCUT2D eigenvalue weighted by atomic mass is 16.1. The molecule has 0 atom stereocenters. The summed E-state index contributed by atoms with van der Waals surface area (Å²) >= 11 is 0. The summed E-state index contributed by atoms with van der Waals surface area (Å²) in [5.41, 5.74) is 1.60. The summed E-state index contributed by atoms with van der Waals surface area (Å²) in [5, 5.41) is 0. The van der Waals surface area contributed by atoms with E-state index in [0.29, 0.717) is 12.1 Å². The fourth-order valence-electron chi connectivity index (χ4n) is 1.14. The molecule has 3 heteroatoms. The topological polar surface area (TPSA) is 33.2 Å². The predicted octanol–water partition coefficient (Wildman–Crippen LogP) is 2.13. The van der Waals surface area contributed by atoms with E-state index >= 15 is 0 Å². The van der Waals surface area contributed by atoms with Crippen LogP contribution in [0.25, 0.3) is 0 Å². The number of ketones is 1. The van der Waals surface area contributed by atoms with Gasteiger partial charge >= 0.3 is 0 Å². The summed E-state index contributed by atoms with van der Waals surface area (Å²) in [6, 6.07) is 3.72. The van der Waals surface area contributed by atoms with Gasteiger partial charge in [0.25, 0.3) is 0 Å². The highest BCUT2D eigenvalue weighted by Crippen LogP contribution is 2.11. The molecule has 0 amide bonds. The van der Waals surface area contributed by atoms with Crippen LogP contribution in [0.15, 0.2) is 18.3 Å².